The summed E-state index contributed by atoms with van der Waals surface area (Å²) < 4.78 is 26.7. The number of nitrogens with one attached hydrogen (secondary N) is 2. The van der Waals surface area contributed by atoms with Crippen LogP contribution in [0.1, 0.15) is 12.8 Å². The zero-order chi connectivity index (χ0) is 17.7. The molecule has 140 valence electrons. The number of halogens is 1. The average molecular weight is 393 g/mol. The van der Waals surface area contributed by atoms with E-state index < -0.39 is 21.0 Å². The zero-order valence-corrected chi connectivity index (χ0v) is 15.3. The molecule has 1 aliphatic heterocycles. The highest BCUT2D eigenvalue weighted by atomic mass is 35.5. The van der Waals surface area contributed by atoms with E-state index in [1.807, 2.05) is 0 Å². The number of nitro groups is 1. The first-order chi connectivity index (χ1) is 11.4. The van der Waals surface area contributed by atoms with E-state index in [4.69, 9.17) is 0 Å². The Hall–Kier alpha value is -1.75. The van der Waals surface area contributed by atoms with E-state index in [-0.39, 0.29) is 35.4 Å². The van der Waals surface area contributed by atoms with E-state index in [0.717, 1.165) is 10.4 Å². The van der Waals surface area contributed by atoms with Gasteiger partial charge in [0.1, 0.15) is 6.04 Å². The number of non-ortho nitro benzene ring substituents is 1. The molecule has 1 saturated heterocycles. The molecule has 0 bridgehead atoms. The molecule has 0 saturated carbocycles. The summed E-state index contributed by atoms with van der Waals surface area (Å²) in [6.07, 6.45) is 0.998. The van der Waals surface area contributed by atoms with Crippen LogP contribution in [0.15, 0.2) is 29.2 Å². The number of benzene rings is 1. The van der Waals surface area contributed by atoms with Crippen LogP contribution in [0.4, 0.5) is 5.69 Å². The highest BCUT2D eigenvalue weighted by molar-refractivity contribution is 7.89. The number of likely N-dealkylation sites (N-methyl/N-ethyl adjacent to an activating group) is 1. The second-order valence-electron chi connectivity index (χ2n) is 5.42. The van der Waals surface area contributed by atoms with Crippen LogP contribution in [-0.2, 0) is 14.8 Å². The summed E-state index contributed by atoms with van der Waals surface area (Å²) in [5.74, 6) is -0.350. The first-order valence-electron chi connectivity index (χ1n) is 7.56. The van der Waals surface area contributed by atoms with Gasteiger partial charge in [-0.15, -0.1) is 12.4 Å². The summed E-state index contributed by atoms with van der Waals surface area (Å²) in [4.78, 5) is 22.3. The van der Waals surface area contributed by atoms with E-state index >= 15 is 0 Å². The molecule has 1 heterocycles. The Balaban J connectivity index is 0.00000312. The molecule has 2 rings (SSSR count). The van der Waals surface area contributed by atoms with Crippen molar-refractivity contribution < 1.29 is 18.1 Å². The Morgan fingerprint density at radius 1 is 1.40 bits per heavy atom. The molecule has 11 heteroatoms. The lowest BCUT2D eigenvalue weighted by atomic mass is 10.2. The standard InChI is InChI=1S/C14H20N4O5S.ClH/c1-15-7-8-16-14(19)13-6-3-9-17(13)24(22,23)12-5-2-4-11(10-12)18(20)21;/h2,4-5,10,13,15H,3,6-9H2,1H3,(H,16,19);1H. The van der Waals surface area contributed by atoms with Crippen LogP contribution in [0.3, 0.4) is 0 Å². The highest BCUT2D eigenvalue weighted by Crippen LogP contribution is 2.27. The lowest BCUT2D eigenvalue weighted by Gasteiger charge is -2.23. The van der Waals surface area contributed by atoms with Crippen LogP contribution in [0, 0.1) is 10.1 Å². The van der Waals surface area contributed by atoms with E-state index in [1.165, 1.54) is 18.2 Å². The van der Waals surface area contributed by atoms with E-state index in [9.17, 15) is 23.3 Å². The number of hydrogen-bond acceptors (Lipinski definition) is 6. The SMILES string of the molecule is CNCCNC(=O)C1CCCN1S(=O)(=O)c1cccc([N+](=O)[O-])c1.Cl. The third-order valence-corrected chi connectivity index (χ3v) is 5.72. The maximum absolute atomic E-state index is 12.8. The van der Waals surface area contributed by atoms with Crippen molar-refractivity contribution >= 4 is 34.0 Å². The van der Waals surface area contributed by atoms with Gasteiger partial charge in [0.25, 0.3) is 5.69 Å². The van der Waals surface area contributed by atoms with Crippen LogP contribution >= 0.6 is 12.4 Å². The number of rotatable bonds is 7. The Bertz CT molecular complexity index is 728. The number of carbonyl (C=O) groups is 1. The van der Waals surface area contributed by atoms with Crippen LogP contribution < -0.4 is 10.6 Å². The Kier molecular flexibility index (Phi) is 7.74. The van der Waals surface area contributed by atoms with Gasteiger partial charge in [0.2, 0.25) is 15.9 Å². The molecule has 1 atom stereocenters. The molecule has 1 amide bonds. The fourth-order valence-corrected chi connectivity index (χ4v) is 4.31. The van der Waals surface area contributed by atoms with Crippen molar-refractivity contribution in [3.8, 4) is 0 Å². The van der Waals surface area contributed by atoms with Gasteiger partial charge in [-0.2, -0.15) is 4.31 Å². The van der Waals surface area contributed by atoms with Crippen molar-refractivity contribution in [1.82, 2.24) is 14.9 Å². The maximum Gasteiger partial charge on any atom is 0.270 e. The van der Waals surface area contributed by atoms with Gasteiger partial charge in [0.15, 0.2) is 0 Å². The summed E-state index contributed by atoms with van der Waals surface area (Å²) in [5.41, 5.74) is -0.301. The number of amides is 1. The molecular formula is C14H21ClN4O5S. The van der Waals surface area contributed by atoms with Crippen LogP contribution in [0.2, 0.25) is 0 Å². The molecule has 0 aromatic heterocycles. The lowest BCUT2D eigenvalue weighted by molar-refractivity contribution is -0.385. The quantitative estimate of drug-likeness (QED) is 0.396. The molecule has 9 nitrogen and oxygen atoms in total. The second kappa shape index (κ2) is 9.09. The highest BCUT2D eigenvalue weighted by Gasteiger charge is 2.39. The second-order valence-corrected chi connectivity index (χ2v) is 7.31. The van der Waals surface area contributed by atoms with Gasteiger partial charge >= 0.3 is 0 Å². The predicted molar refractivity (Wildman–Crippen MR) is 94.2 cm³/mol. The van der Waals surface area contributed by atoms with Crippen molar-refractivity contribution in [2.75, 3.05) is 26.7 Å². The molecule has 2 N–H and O–H groups in total. The van der Waals surface area contributed by atoms with Crippen LogP contribution in [0.5, 0.6) is 0 Å². The summed E-state index contributed by atoms with van der Waals surface area (Å²) >= 11 is 0. The van der Waals surface area contributed by atoms with Gasteiger partial charge in [-0.05, 0) is 26.0 Å². The van der Waals surface area contributed by atoms with Gasteiger partial charge in [-0.25, -0.2) is 8.42 Å². The fraction of sp³-hybridized carbons (Fsp3) is 0.500. The number of nitro benzene ring substituents is 1. The first kappa shape index (κ1) is 21.3. The van der Waals surface area contributed by atoms with Gasteiger partial charge in [0, 0.05) is 31.8 Å². The van der Waals surface area contributed by atoms with Gasteiger partial charge in [-0.3, -0.25) is 14.9 Å². The normalized spacial score (nSPS) is 17.7. The molecule has 1 aliphatic rings. The third kappa shape index (κ3) is 4.88. The minimum atomic E-state index is -3.97. The van der Waals surface area contributed by atoms with Crippen molar-refractivity contribution in [3.05, 3.63) is 34.4 Å². The predicted octanol–water partition coefficient (Wildman–Crippen LogP) is 0.505. The third-order valence-electron chi connectivity index (χ3n) is 3.82. The van der Waals surface area contributed by atoms with Gasteiger partial charge in [-0.1, -0.05) is 6.07 Å². The summed E-state index contributed by atoms with van der Waals surface area (Å²) in [7, 11) is -2.22. The summed E-state index contributed by atoms with van der Waals surface area (Å²) in [6.45, 7) is 1.20. The Morgan fingerprint density at radius 2 is 2.12 bits per heavy atom. The number of hydrogen-bond donors (Lipinski definition) is 2. The maximum atomic E-state index is 12.8. The molecule has 1 fully saturated rings. The van der Waals surface area contributed by atoms with E-state index in [1.54, 1.807) is 7.05 Å². The molecular weight excluding hydrogens is 372 g/mol. The summed E-state index contributed by atoms with van der Waals surface area (Å²) in [5, 5.41) is 16.4. The Labute approximate surface area is 152 Å². The summed E-state index contributed by atoms with van der Waals surface area (Å²) in [6, 6.07) is 4.08. The zero-order valence-electron chi connectivity index (χ0n) is 13.7. The van der Waals surface area contributed by atoms with Crippen molar-refractivity contribution in [1.29, 1.82) is 0 Å². The molecule has 0 radical (unpaired) electrons. The van der Waals surface area contributed by atoms with Crippen LogP contribution in [-0.4, -0.2) is 56.3 Å². The molecule has 1 unspecified atom stereocenters. The van der Waals surface area contributed by atoms with E-state index in [2.05, 4.69) is 10.6 Å². The number of carbonyl (C=O) groups excluding carboxylic acids is 1. The largest absolute Gasteiger partial charge is 0.353 e. The van der Waals surface area contributed by atoms with Crippen molar-refractivity contribution in [2.24, 2.45) is 0 Å². The molecule has 1 aromatic rings. The molecule has 0 spiro atoms. The monoisotopic (exact) mass is 392 g/mol. The van der Waals surface area contributed by atoms with E-state index in [0.29, 0.717) is 25.9 Å². The Morgan fingerprint density at radius 3 is 2.76 bits per heavy atom. The molecule has 1 aromatic carbocycles. The topological polar surface area (TPSA) is 122 Å². The fourth-order valence-electron chi connectivity index (χ4n) is 2.61. The smallest absolute Gasteiger partial charge is 0.270 e. The average Bonchev–Trinajstić information content (AvgIpc) is 3.05. The first-order valence-corrected chi connectivity index (χ1v) is 9.00. The minimum Gasteiger partial charge on any atom is -0.353 e. The number of nitrogens with zero attached hydrogens (tertiary/aromatic N) is 2. The van der Waals surface area contributed by atoms with Crippen LogP contribution in [0.25, 0.3) is 0 Å². The van der Waals surface area contributed by atoms with Gasteiger partial charge in [0.05, 0.1) is 9.82 Å². The molecule has 25 heavy (non-hydrogen) atoms. The van der Waals surface area contributed by atoms with Gasteiger partial charge < -0.3 is 10.6 Å². The minimum absolute atomic E-state index is 0. The van der Waals surface area contributed by atoms with Crippen molar-refractivity contribution in [2.45, 2.75) is 23.8 Å². The number of sulfonamides is 1. The lowest BCUT2D eigenvalue weighted by Crippen LogP contribution is -2.47. The molecule has 0 aliphatic carbocycles. The van der Waals surface area contributed by atoms with Crippen molar-refractivity contribution in [3.63, 3.8) is 0 Å².